The van der Waals surface area contributed by atoms with Crippen LogP contribution in [0.5, 0.6) is 0 Å². The number of rotatable bonds is 1. The molecule has 1 aromatic heterocycles. The predicted octanol–water partition coefficient (Wildman–Crippen LogP) is 3.19. The van der Waals surface area contributed by atoms with Gasteiger partial charge in [0.25, 0.3) is 5.78 Å². The van der Waals surface area contributed by atoms with E-state index in [4.69, 9.17) is 0 Å². The number of benzene rings is 1. The molecule has 0 spiro atoms. The van der Waals surface area contributed by atoms with Crippen molar-refractivity contribution in [2.75, 3.05) is 0 Å². The van der Waals surface area contributed by atoms with E-state index in [-0.39, 0.29) is 10.9 Å². The number of fused-ring (bicyclic) bond motifs is 1. The highest BCUT2D eigenvalue weighted by atomic mass is 19.4. The summed E-state index contributed by atoms with van der Waals surface area (Å²) in [5.41, 5.74) is -0.803. The Labute approximate surface area is 91.0 Å². The summed E-state index contributed by atoms with van der Waals surface area (Å²) in [6.45, 7) is 0. The Morgan fingerprint density at radius 1 is 1.12 bits per heavy atom. The number of aromatic nitrogens is 1. The van der Waals surface area contributed by atoms with Crippen molar-refractivity contribution >= 4 is 16.7 Å². The standard InChI is InChI=1S/C10H4F5NO/c11-6-1-4-5(9(17)10(13,14)15)3-16-8(4)2-7(6)12/h1-3,16H. The SMILES string of the molecule is O=C(c1c[nH]c2cc(F)c(F)cc12)C(F)(F)F. The van der Waals surface area contributed by atoms with E-state index < -0.39 is 29.2 Å². The fourth-order valence-electron chi connectivity index (χ4n) is 1.46. The van der Waals surface area contributed by atoms with Gasteiger partial charge in [-0.1, -0.05) is 0 Å². The first-order valence-electron chi connectivity index (χ1n) is 4.38. The van der Waals surface area contributed by atoms with E-state index in [1.807, 2.05) is 0 Å². The summed E-state index contributed by atoms with van der Waals surface area (Å²) >= 11 is 0. The van der Waals surface area contributed by atoms with Gasteiger partial charge < -0.3 is 4.98 Å². The van der Waals surface area contributed by atoms with Gasteiger partial charge in [-0.3, -0.25) is 4.79 Å². The number of aromatic amines is 1. The van der Waals surface area contributed by atoms with E-state index in [0.717, 1.165) is 6.20 Å². The highest BCUT2D eigenvalue weighted by Crippen LogP contribution is 2.28. The van der Waals surface area contributed by atoms with Gasteiger partial charge >= 0.3 is 6.18 Å². The van der Waals surface area contributed by atoms with Gasteiger partial charge in [-0.2, -0.15) is 13.2 Å². The van der Waals surface area contributed by atoms with Crippen molar-refractivity contribution in [3.63, 3.8) is 0 Å². The number of carbonyl (C=O) groups excluding carboxylic acids is 1. The fourth-order valence-corrected chi connectivity index (χ4v) is 1.46. The Hall–Kier alpha value is -1.92. The number of hydrogen-bond donors (Lipinski definition) is 1. The Balaban J connectivity index is 2.65. The zero-order valence-corrected chi connectivity index (χ0v) is 8.03. The van der Waals surface area contributed by atoms with Crippen LogP contribution in [0.4, 0.5) is 22.0 Å². The minimum atomic E-state index is -5.06. The van der Waals surface area contributed by atoms with E-state index in [9.17, 15) is 26.7 Å². The Kier molecular flexibility index (Phi) is 2.41. The van der Waals surface area contributed by atoms with Crippen LogP contribution in [-0.2, 0) is 0 Å². The monoisotopic (exact) mass is 249 g/mol. The summed E-state index contributed by atoms with van der Waals surface area (Å²) in [5.74, 6) is -4.62. The highest BCUT2D eigenvalue weighted by Gasteiger charge is 2.40. The average Bonchev–Trinajstić information content (AvgIpc) is 2.59. The van der Waals surface area contributed by atoms with E-state index in [0.29, 0.717) is 12.1 Å². The first kappa shape index (κ1) is 11.6. The molecule has 0 saturated carbocycles. The number of H-pyrrole nitrogens is 1. The summed E-state index contributed by atoms with van der Waals surface area (Å²) in [6.07, 6.45) is -4.28. The van der Waals surface area contributed by atoms with E-state index in [2.05, 4.69) is 4.98 Å². The quantitative estimate of drug-likeness (QED) is 0.611. The number of alkyl halides is 3. The molecule has 0 aliphatic heterocycles. The van der Waals surface area contributed by atoms with Crippen molar-refractivity contribution in [1.82, 2.24) is 4.98 Å². The van der Waals surface area contributed by atoms with E-state index in [1.54, 1.807) is 0 Å². The van der Waals surface area contributed by atoms with Gasteiger partial charge in [0.2, 0.25) is 0 Å². The number of nitrogens with one attached hydrogen (secondary N) is 1. The molecule has 0 fully saturated rings. The molecule has 90 valence electrons. The molecule has 1 heterocycles. The molecular weight excluding hydrogens is 245 g/mol. The second-order valence-corrected chi connectivity index (χ2v) is 3.34. The Bertz CT molecular complexity index is 598. The second-order valence-electron chi connectivity index (χ2n) is 3.34. The lowest BCUT2D eigenvalue weighted by Crippen LogP contribution is -2.22. The summed E-state index contributed by atoms with van der Waals surface area (Å²) in [7, 11) is 0. The van der Waals surface area contributed by atoms with Crippen molar-refractivity contribution in [3.8, 4) is 0 Å². The molecule has 0 aliphatic carbocycles. The van der Waals surface area contributed by atoms with Gasteiger partial charge in [0.15, 0.2) is 11.6 Å². The topological polar surface area (TPSA) is 32.9 Å². The first-order valence-corrected chi connectivity index (χ1v) is 4.38. The molecule has 0 unspecified atom stereocenters. The molecule has 7 heteroatoms. The number of carbonyl (C=O) groups is 1. The number of Topliss-reactive ketones (excluding diaryl/α,β-unsaturated/α-hetero) is 1. The van der Waals surface area contributed by atoms with Crippen molar-refractivity contribution < 1.29 is 26.7 Å². The van der Waals surface area contributed by atoms with Crippen LogP contribution < -0.4 is 0 Å². The second kappa shape index (κ2) is 3.54. The van der Waals surface area contributed by atoms with Crippen LogP contribution in [0.1, 0.15) is 10.4 Å². The minimum Gasteiger partial charge on any atom is -0.360 e. The van der Waals surface area contributed by atoms with Crippen LogP contribution in [-0.4, -0.2) is 16.9 Å². The van der Waals surface area contributed by atoms with Crippen LogP contribution in [0.2, 0.25) is 0 Å². The van der Waals surface area contributed by atoms with Crippen molar-refractivity contribution in [2.24, 2.45) is 0 Å². The lowest BCUT2D eigenvalue weighted by Gasteiger charge is -2.03. The largest absolute Gasteiger partial charge is 0.454 e. The molecule has 0 bridgehead atoms. The normalized spacial score (nSPS) is 12.1. The summed E-state index contributed by atoms with van der Waals surface area (Å²) in [5, 5.41) is -0.300. The maximum atomic E-state index is 12.9. The lowest BCUT2D eigenvalue weighted by atomic mass is 10.1. The number of halogens is 5. The number of ketones is 1. The maximum Gasteiger partial charge on any atom is 0.454 e. The molecule has 0 aliphatic rings. The third-order valence-electron chi connectivity index (χ3n) is 2.22. The first-order chi connectivity index (χ1) is 7.80. The molecule has 0 saturated heterocycles. The number of hydrogen-bond acceptors (Lipinski definition) is 1. The van der Waals surface area contributed by atoms with Gasteiger partial charge in [0.05, 0.1) is 5.56 Å². The van der Waals surface area contributed by atoms with Gasteiger partial charge in [0, 0.05) is 23.2 Å². The van der Waals surface area contributed by atoms with Crippen molar-refractivity contribution in [2.45, 2.75) is 6.18 Å². The molecule has 2 rings (SSSR count). The summed E-state index contributed by atoms with van der Waals surface area (Å²) in [4.78, 5) is 13.3. The Morgan fingerprint density at radius 3 is 2.29 bits per heavy atom. The molecule has 1 N–H and O–H groups in total. The van der Waals surface area contributed by atoms with Crippen LogP contribution in [0.25, 0.3) is 10.9 Å². The van der Waals surface area contributed by atoms with Gasteiger partial charge in [-0.05, 0) is 6.07 Å². The minimum absolute atomic E-state index is 0.0727. The lowest BCUT2D eigenvalue weighted by molar-refractivity contribution is -0.0884. The molecule has 17 heavy (non-hydrogen) atoms. The molecule has 0 amide bonds. The van der Waals surface area contributed by atoms with Crippen molar-refractivity contribution in [3.05, 3.63) is 35.5 Å². The fraction of sp³-hybridized carbons (Fsp3) is 0.100. The van der Waals surface area contributed by atoms with Crippen molar-refractivity contribution in [1.29, 1.82) is 0 Å². The third kappa shape index (κ3) is 1.88. The van der Waals surface area contributed by atoms with E-state index in [1.165, 1.54) is 0 Å². The summed E-state index contributed by atoms with van der Waals surface area (Å²) < 4.78 is 62.2. The van der Waals surface area contributed by atoms with Gasteiger partial charge in [0.1, 0.15) is 0 Å². The van der Waals surface area contributed by atoms with Crippen LogP contribution in [0.3, 0.4) is 0 Å². The zero-order chi connectivity index (χ0) is 12.8. The van der Waals surface area contributed by atoms with Gasteiger partial charge in [-0.25, -0.2) is 8.78 Å². The summed E-state index contributed by atoms with van der Waals surface area (Å²) in [6, 6.07) is 1.25. The molecular formula is C10H4F5NO. The third-order valence-corrected chi connectivity index (χ3v) is 2.22. The van der Waals surface area contributed by atoms with Crippen LogP contribution >= 0.6 is 0 Å². The predicted molar refractivity (Wildman–Crippen MR) is 48.6 cm³/mol. The van der Waals surface area contributed by atoms with Crippen LogP contribution in [0.15, 0.2) is 18.3 Å². The Morgan fingerprint density at radius 2 is 1.71 bits per heavy atom. The smallest absolute Gasteiger partial charge is 0.360 e. The maximum absolute atomic E-state index is 12.9. The van der Waals surface area contributed by atoms with Crippen LogP contribution in [0, 0.1) is 11.6 Å². The van der Waals surface area contributed by atoms with E-state index >= 15 is 0 Å². The molecule has 2 aromatic rings. The highest BCUT2D eigenvalue weighted by molar-refractivity contribution is 6.10. The molecule has 0 radical (unpaired) electrons. The van der Waals surface area contributed by atoms with Gasteiger partial charge in [-0.15, -0.1) is 0 Å². The molecule has 1 aromatic carbocycles. The average molecular weight is 249 g/mol. The molecule has 2 nitrogen and oxygen atoms in total. The molecule has 0 atom stereocenters. The zero-order valence-electron chi connectivity index (χ0n) is 8.03.